The highest BCUT2D eigenvalue weighted by Crippen LogP contribution is 2.41. The minimum Gasteiger partial charge on any atom is -0.376 e. The third-order valence-electron chi connectivity index (χ3n) is 6.66. The van der Waals surface area contributed by atoms with Crippen LogP contribution in [0.15, 0.2) is 48.7 Å². The third kappa shape index (κ3) is 7.11. The Labute approximate surface area is 231 Å². The Balaban J connectivity index is 1.14. The van der Waals surface area contributed by atoms with Gasteiger partial charge in [0.25, 0.3) is 0 Å². The molecule has 0 bridgehead atoms. The molecule has 2 aliphatic rings. The van der Waals surface area contributed by atoms with Gasteiger partial charge in [0, 0.05) is 19.0 Å². The molecule has 1 atom stereocenters. The summed E-state index contributed by atoms with van der Waals surface area (Å²) < 4.78 is 0. The number of rotatable bonds is 11. The van der Waals surface area contributed by atoms with Crippen molar-refractivity contribution < 1.29 is 9.59 Å². The van der Waals surface area contributed by atoms with Crippen LogP contribution in [0.2, 0.25) is 0 Å². The van der Waals surface area contributed by atoms with Gasteiger partial charge in [-0.25, -0.2) is 0 Å². The summed E-state index contributed by atoms with van der Waals surface area (Å²) in [5.41, 5.74) is 3.26. The first-order chi connectivity index (χ1) is 18.9. The average molecular weight is 545 g/mol. The van der Waals surface area contributed by atoms with Gasteiger partial charge in [0.05, 0.1) is 17.8 Å². The molecule has 11 heteroatoms. The maximum atomic E-state index is 13.2. The van der Waals surface area contributed by atoms with E-state index in [0.717, 1.165) is 47.8 Å². The van der Waals surface area contributed by atoms with Crippen molar-refractivity contribution in [3.8, 4) is 0 Å². The maximum Gasteiger partial charge on any atom is 0.229 e. The maximum absolute atomic E-state index is 13.2. The summed E-state index contributed by atoms with van der Waals surface area (Å²) in [6, 6.07) is 7.91. The molecular formula is C28H32N8O2S. The molecule has 0 saturated heterocycles. The molecule has 202 valence electrons. The van der Waals surface area contributed by atoms with E-state index in [1.165, 1.54) is 36.7 Å². The fourth-order valence-corrected chi connectivity index (χ4v) is 5.40. The van der Waals surface area contributed by atoms with Crippen molar-refractivity contribution in [2.75, 3.05) is 10.6 Å². The Morgan fingerprint density at radius 3 is 2.62 bits per heavy atom. The van der Waals surface area contributed by atoms with E-state index in [9.17, 15) is 9.59 Å². The number of hydrogen-bond acceptors (Lipinski definition) is 9. The SMILES string of the molecule is CC(=O)Nc1ccc(CCCCc2nnc(NC(=O)CC3(c4cc(C5CC5)cc(C)n4)C=CC=CN3)s2)nn1. The summed E-state index contributed by atoms with van der Waals surface area (Å²) in [5.74, 6) is 0.727. The van der Waals surface area contributed by atoms with Crippen molar-refractivity contribution >= 4 is 34.1 Å². The number of nitrogens with zero attached hydrogens (tertiary/aromatic N) is 5. The zero-order valence-electron chi connectivity index (χ0n) is 22.1. The van der Waals surface area contributed by atoms with Gasteiger partial charge in [0.1, 0.15) is 10.5 Å². The number of carbonyl (C=O) groups excluding carboxylic acids is 2. The van der Waals surface area contributed by atoms with Crippen LogP contribution >= 0.6 is 11.3 Å². The van der Waals surface area contributed by atoms with Gasteiger partial charge in [-0.2, -0.15) is 5.10 Å². The van der Waals surface area contributed by atoms with Crippen molar-refractivity contribution in [1.82, 2.24) is 30.7 Å². The fourth-order valence-electron chi connectivity index (χ4n) is 4.60. The van der Waals surface area contributed by atoms with E-state index in [1.54, 1.807) is 6.07 Å². The largest absolute Gasteiger partial charge is 0.376 e. The Hall–Kier alpha value is -3.99. The Morgan fingerprint density at radius 1 is 1.05 bits per heavy atom. The molecule has 1 aliphatic carbocycles. The molecule has 0 radical (unpaired) electrons. The fraction of sp³-hybridized carbons (Fsp3) is 0.393. The molecule has 3 aromatic heterocycles. The van der Waals surface area contributed by atoms with Crippen LogP contribution in [0.5, 0.6) is 0 Å². The normalized spacial score (nSPS) is 18.0. The van der Waals surface area contributed by atoms with E-state index in [0.29, 0.717) is 16.9 Å². The Morgan fingerprint density at radius 2 is 1.90 bits per heavy atom. The van der Waals surface area contributed by atoms with Crippen molar-refractivity contribution in [2.45, 2.75) is 70.3 Å². The lowest BCUT2D eigenvalue weighted by molar-refractivity contribution is -0.117. The van der Waals surface area contributed by atoms with Crippen LogP contribution in [0, 0.1) is 6.92 Å². The lowest BCUT2D eigenvalue weighted by Crippen LogP contribution is -2.42. The molecule has 39 heavy (non-hydrogen) atoms. The molecule has 4 heterocycles. The molecule has 0 aromatic carbocycles. The van der Waals surface area contributed by atoms with Crippen LogP contribution in [0.4, 0.5) is 10.9 Å². The van der Waals surface area contributed by atoms with Crippen LogP contribution in [0.1, 0.15) is 72.6 Å². The van der Waals surface area contributed by atoms with Crippen LogP contribution in [-0.4, -0.2) is 37.2 Å². The van der Waals surface area contributed by atoms with Crippen LogP contribution < -0.4 is 16.0 Å². The van der Waals surface area contributed by atoms with Gasteiger partial charge in [0.2, 0.25) is 16.9 Å². The molecule has 3 aromatic rings. The molecule has 1 saturated carbocycles. The van der Waals surface area contributed by atoms with E-state index >= 15 is 0 Å². The number of aromatic nitrogens is 5. The average Bonchev–Trinajstić information content (AvgIpc) is 3.67. The summed E-state index contributed by atoms with van der Waals surface area (Å²) >= 11 is 1.40. The lowest BCUT2D eigenvalue weighted by Gasteiger charge is -2.32. The third-order valence-corrected chi connectivity index (χ3v) is 7.56. The smallest absolute Gasteiger partial charge is 0.229 e. The number of amides is 2. The van der Waals surface area contributed by atoms with E-state index in [4.69, 9.17) is 4.98 Å². The van der Waals surface area contributed by atoms with Gasteiger partial charge in [-0.05, 0) is 87.1 Å². The molecular weight excluding hydrogens is 512 g/mol. The number of hydrogen-bond donors (Lipinski definition) is 3. The second-order valence-electron chi connectivity index (χ2n) is 10.1. The predicted molar refractivity (Wildman–Crippen MR) is 150 cm³/mol. The first kappa shape index (κ1) is 26.6. The molecule has 10 nitrogen and oxygen atoms in total. The highest BCUT2D eigenvalue weighted by molar-refractivity contribution is 7.15. The van der Waals surface area contributed by atoms with Gasteiger partial charge in [-0.15, -0.1) is 15.3 Å². The summed E-state index contributed by atoms with van der Waals surface area (Å²) in [5, 5.41) is 26.9. The summed E-state index contributed by atoms with van der Waals surface area (Å²) in [6.07, 6.45) is 13.7. The monoisotopic (exact) mass is 544 g/mol. The second kappa shape index (κ2) is 11.8. The number of pyridine rings is 1. The summed E-state index contributed by atoms with van der Waals surface area (Å²) in [7, 11) is 0. The van der Waals surface area contributed by atoms with Gasteiger partial charge in [0.15, 0.2) is 5.82 Å². The van der Waals surface area contributed by atoms with Crippen molar-refractivity contribution in [3.05, 3.63) is 76.3 Å². The summed E-state index contributed by atoms with van der Waals surface area (Å²) in [4.78, 5) is 29.0. The molecule has 0 spiro atoms. The highest BCUT2D eigenvalue weighted by atomic mass is 32.1. The Kier molecular flexibility index (Phi) is 8.06. The standard InChI is InChI=1S/C28H32N8O2S/c1-18-15-21(20-9-10-20)16-23(30-18)28(13-5-6-14-29-28)17-25(38)32-27-36-35-26(39-27)8-4-3-7-22-11-12-24(34-33-22)31-19(2)37/h5-6,11-16,20,29H,3-4,7-10,17H2,1-2H3,(H,31,34,37)(H,32,36,38). The zero-order chi connectivity index (χ0) is 27.2. The highest BCUT2D eigenvalue weighted by Gasteiger charge is 2.35. The minimum atomic E-state index is -0.717. The summed E-state index contributed by atoms with van der Waals surface area (Å²) in [6.45, 7) is 3.44. The quantitative estimate of drug-likeness (QED) is 0.304. The molecule has 1 aliphatic heterocycles. The van der Waals surface area contributed by atoms with Gasteiger partial charge in [-0.1, -0.05) is 23.5 Å². The number of carbonyl (C=O) groups is 2. The van der Waals surface area contributed by atoms with E-state index in [2.05, 4.69) is 48.5 Å². The second-order valence-corrected chi connectivity index (χ2v) is 11.1. The van der Waals surface area contributed by atoms with Crippen LogP contribution in [0.3, 0.4) is 0 Å². The van der Waals surface area contributed by atoms with Gasteiger partial charge < -0.3 is 16.0 Å². The predicted octanol–water partition coefficient (Wildman–Crippen LogP) is 4.33. The number of unbranched alkanes of at least 4 members (excludes halogenated alkanes) is 1. The molecule has 5 rings (SSSR count). The lowest BCUT2D eigenvalue weighted by atomic mass is 9.87. The molecule has 3 N–H and O–H groups in total. The van der Waals surface area contributed by atoms with Gasteiger partial charge in [-0.3, -0.25) is 14.6 Å². The molecule has 1 unspecified atom stereocenters. The van der Waals surface area contributed by atoms with E-state index in [-0.39, 0.29) is 18.2 Å². The number of dihydropyridines is 1. The number of aryl methyl sites for hydroxylation is 3. The van der Waals surface area contributed by atoms with E-state index < -0.39 is 5.54 Å². The van der Waals surface area contributed by atoms with Crippen molar-refractivity contribution in [1.29, 1.82) is 0 Å². The number of allylic oxidation sites excluding steroid dienone is 2. The van der Waals surface area contributed by atoms with Gasteiger partial charge >= 0.3 is 0 Å². The van der Waals surface area contributed by atoms with Crippen LogP contribution in [-0.2, 0) is 28.0 Å². The van der Waals surface area contributed by atoms with Crippen LogP contribution in [0.25, 0.3) is 0 Å². The van der Waals surface area contributed by atoms with E-state index in [1.807, 2.05) is 37.4 Å². The number of anilines is 2. The first-order valence-corrected chi connectivity index (χ1v) is 14.0. The topological polar surface area (TPSA) is 135 Å². The molecule has 2 amide bonds. The Bertz CT molecular complexity index is 1400. The van der Waals surface area contributed by atoms with Crippen molar-refractivity contribution in [3.63, 3.8) is 0 Å². The van der Waals surface area contributed by atoms with Crippen molar-refractivity contribution in [2.24, 2.45) is 0 Å². The zero-order valence-corrected chi connectivity index (χ0v) is 22.9. The minimum absolute atomic E-state index is 0.150. The first-order valence-electron chi connectivity index (χ1n) is 13.2. The number of nitrogens with one attached hydrogen (secondary N) is 3. The molecule has 1 fully saturated rings.